The van der Waals surface area contributed by atoms with Crippen LogP contribution in [0.1, 0.15) is 45.7 Å². The normalized spacial score (nSPS) is 19.0. The van der Waals surface area contributed by atoms with Gasteiger partial charge in [-0.15, -0.1) is 0 Å². The van der Waals surface area contributed by atoms with Crippen LogP contribution in [0.3, 0.4) is 0 Å². The lowest BCUT2D eigenvalue weighted by atomic mass is 9.95. The molecule has 2 aliphatic rings. The van der Waals surface area contributed by atoms with Crippen LogP contribution in [0.2, 0.25) is 0 Å². The molecule has 31 heavy (non-hydrogen) atoms. The average Bonchev–Trinajstić information content (AvgIpc) is 3.29. The van der Waals surface area contributed by atoms with E-state index in [9.17, 15) is 4.79 Å². The van der Waals surface area contributed by atoms with Gasteiger partial charge in [-0.3, -0.25) is 0 Å². The van der Waals surface area contributed by atoms with Gasteiger partial charge in [-0.1, -0.05) is 54.6 Å². The molecule has 0 N–H and O–H groups in total. The Morgan fingerprint density at radius 1 is 1.00 bits per heavy atom. The second-order valence-electron chi connectivity index (χ2n) is 7.48. The highest BCUT2D eigenvalue weighted by Crippen LogP contribution is 2.50. The van der Waals surface area contributed by atoms with Crippen molar-refractivity contribution in [3.05, 3.63) is 95.1 Å². The summed E-state index contributed by atoms with van der Waals surface area (Å²) in [6.45, 7) is 0. The molecular weight excluding hydrogens is 392 g/mol. The summed E-state index contributed by atoms with van der Waals surface area (Å²) in [6.07, 6.45) is 0.325. The van der Waals surface area contributed by atoms with Crippen LogP contribution in [0.25, 0.3) is 0 Å². The van der Waals surface area contributed by atoms with Gasteiger partial charge in [0.25, 0.3) is 0 Å². The Labute approximate surface area is 180 Å². The van der Waals surface area contributed by atoms with E-state index < -0.39 is 6.23 Å². The van der Waals surface area contributed by atoms with Gasteiger partial charge in [0.1, 0.15) is 0 Å². The Morgan fingerprint density at radius 3 is 2.48 bits per heavy atom. The predicted octanol–water partition coefficient (Wildman–Crippen LogP) is 4.72. The second-order valence-corrected chi connectivity index (χ2v) is 7.48. The van der Waals surface area contributed by atoms with Crippen molar-refractivity contribution < 1.29 is 19.0 Å². The number of carbonyl (C=O) groups is 1. The fourth-order valence-corrected chi connectivity index (χ4v) is 4.17. The van der Waals surface area contributed by atoms with Crippen LogP contribution < -0.4 is 9.47 Å². The van der Waals surface area contributed by atoms with Crippen LogP contribution in [-0.2, 0) is 4.74 Å². The van der Waals surface area contributed by atoms with Crippen molar-refractivity contribution in [2.45, 2.75) is 18.7 Å². The van der Waals surface area contributed by atoms with E-state index in [0.717, 1.165) is 34.6 Å². The number of hydrogen-bond acceptors (Lipinski definition) is 6. The summed E-state index contributed by atoms with van der Waals surface area (Å²) in [5, 5.41) is 6.97. The van der Waals surface area contributed by atoms with Crippen LogP contribution in [0.4, 0.5) is 0 Å². The van der Waals surface area contributed by atoms with E-state index in [1.165, 1.54) is 7.11 Å². The molecule has 2 heterocycles. The molecule has 0 aliphatic carbocycles. The van der Waals surface area contributed by atoms with E-state index in [0.29, 0.717) is 11.3 Å². The number of benzene rings is 3. The highest BCUT2D eigenvalue weighted by atomic mass is 16.5. The predicted molar refractivity (Wildman–Crippen MR) is 116 cm³/mol. The molecule has 3 aromatic carbocycles. The van der Waals surface area contributed by atoms with Crippen molar-refractivity contribution in [3.63, 3.8) is 0 Å². The van der Waals surface area contributed by atoms with E-state index in [-0.39, 0.29) is 12.0 Å². The Balaban J connectivity index is 1.58. The van der Waals surface area contributed by atoms with Gasteiger partial charge in [-0.25, -0.2) is 9.80 Å². The van der Waals surface area contributed by atoms with Crippen molar-refractivity contribution in [3.8, 4) is 11.5 Å². The summed E-state index contributed by atoms with van der Waals surface area (Å²) in [5.41, 5.74) is 4.55. The van der Waals surface area contributed by atoms with Gasteiger partial charge in [0.05, 0.1) is 31.5 Å². The first-order chi connectivity index (χ1) is 15.2. The summed E-state index contributed by atoms with van der Waals surface area (Å²) in [6, 6.07) is 23.4. The number of methoxy groups -OCH3 is 2. The first-order valence-corrected chi connectivity index (χ1v) is 10.1. The van der Waals surface area contributed by atoms with Crippen molar-refractivity contribution in [2.75, 3.05) is 14.2 Å². The molecule has 5 rings (SSSR count). The van der Waals surface area contributed by atoms with Gasteiger partial charge in [0.2, 0.25) is 6.23 Å². The minimum Gasteiger partial charge on any atom is -0.493 e. The topological polar surface area (TPSA) is 60.4 Å². The number of hydrazone groups is 1. The standard InChI is InChI=1S/C25H22N2O4/c1-29-22-10-6-9-19-21-15-20(16-7-4-3-5-8-16)26-27(21)24(31-23(19)22)17-11-13-18(14-12-17)25(28)30-2/h3-14,21,24H,15H2,1-2H3/t21-,24-/m0/s1. The van der Waals surface area contributed by atoms with Crippen molar-refractivity contribution in [1.82, 2.24) is 5.01 Å². The van der Waals surface area contributed by atoms with Gasteiger partial charge < -0.3 is 14.2 Å². The molecular formula is C25H22N2O4. The number of nitrogens with zero attached hydrogens (tertiary/aromatic N) is 2. The zero-order valence-electron chi connectivity index (χ0n) is 17.3. The first kappa shape index (κ1) is 19.2. The molecule has 0 fully saturated rings. The van der Waals surface area contributed by atoms with Crippen molar-refractivity contribution >= 4 is 11.7 Å². The Bertz CT molecular complexity index is 1140. The summed E-state index contributed by atoms with van der Waals surface area (Å²) in [4.78, 5) is 11.8. The molecule has 2 atom stereocenters. The van der Waals surface area contributed by atoms with E-state index in [1.54, 1.807) is 19.2 Å². The van der Waals surface area contributed by atoms with Gasteiger partial charge in [-0.05, 0) is 23.8 Å². The van der Waals surface area contributed by atoms with Crippen LogP contribution in [0, 0.1) is 0 Å². The number of para-hydroxylation sites is 1. The highest BCUT2D eigenvalue weighted by molar-refractivity contribution is 6.02. The van der Waals surface area contributed by atoms with Crippen LogP contribution >= 0.6 is 0 Å². The maximum absolute atomic E-state index is 11.8. The van der Waals surface area contributed by atoms with Crippen LogP contribution in [-0.4, -0.2) is 30.9 Å². The molecule has 0 bridgehead atoms. The Hall–Kier alpha value is -3.80. The minimum absolute atomic E-state index is 0.0272. The lowest BCUT2D eigenvalue weighted by Gasteiger charge is -2.38. The summed E-state index contributed by atoms with van der Waals surface area (Å²) in [7, 11) is 3.02. The zero-order valence-corrected chi connectivity index (χ0v) is 17.3. The Morgan fingerprint density at radius 2 is 1.77 bits per heavy atom. The zero-order chi connectivity index (χ0) is 21.4. The number of ether oxygens (including phenoxy) is 3. The molecule has 6 nitrogen and oxygen atoms in total. The van der Waals surface area contributed by atoms with E-state index in [2.05, 4.69) is 18.2 Å². The average molecular weight is 414 g/mol. The first-order valence-electron chi connectivity index (χ1n) is 10.1. The monoisotopic (exact) mass is 414 g/mol. The third kappa shape index (κ3) is 3.30. The molecule has 6 heteroatoms. The van der Waals surface area contributed by atoms with Crippen molar-refractivity contribution in [1.29, 1.82) is 0 Å². The number of carbonyl (C=O) groups excluding carboxylic acids is 1. The molecule has 0 radical (unpaired) electrons. The maximum Gasteiger partial charge on any atom is 0.337 e. The van der Waals surface area contributed by atoms with Crippen molar-refractivity contribution in [2.24, 2.45) is 5.10 Å². The molecule has 2 aliphatic heterocycles. The Kier molecular flexibility index (Phi) is 4.82. The fourth-order valence-electron chi connectivity index (χ4n) is 4.17. The lowest BCUT2D eigenvalue weighted by molar-refractivity contribution is -0.0209. The third-order valence-corrected chi connectivity index (χ3v) is 5.72. The quantitative estimate of drug-likeness (QED) is 0.578. The van der Waals surface area contributed by atoms with E-state index in [1.807, 2.05) is 47.5 Å². The highest BCUT2D eigenvalue weighted by Gasteiger charge is 2.42. The second kappa shape index (κ2) is 7.80. The fraction of sp³-hybridized carbons (Fsp3) is 0.200. The molecule has 0 saturated carbocycles. The molecule has 0 spiro atoms. The van der Waals surface area contributed by atoms with Gasteiger partial charge in [-0.2, -0.15) is 5.10 Å². The molecule has 156 valence electrons. The number of fused-ring (bicyclic) bond motifs is 3. The third-order valence-electron chi connectivity index (χ3n) is 5.72. The molecule has 3 aromatic rings. The molecule has 0 unspecified atom stereocenters. The number of hydrogen-bond donors (Lipinski definition) is 0. The van der Waals surface area contributed by atoms with Gasteiger partial charge in [0, 0.05) is 17.5 Å². The van der Waals surface area contributed by atoms with Crippen LogP contribution in [0.5, 0.6) is 11.5 Å². The lowest BCUT2D eigenvalue weighted by Crippen LogP contribution is -2.33. The van der Waals surface area contributed by atoms with E-state index in [4.69, 9.17) is 19.3 Å². The molecule has 0 aromatic heterocycles. The van der Waals surface area contributed by atoms with Gasteiger partial charge in [0.15, 0.2) is 11.5 Å². The summed E-state index contributed by atoms with van der Waals surface area (Å²) >= 11 is 0. The van der Waals surface area contributed by atoms with Crippen LogP contribution in [0.15, 0.2) is 77.9 Å². The maximum atomic E-state index is 11.8. The smallest absolute Gasteiger partial charge is 0.337 e. The minimum atomic E-state index is -0.443. The number of rotatable bonds is 4. The molecule has 0 amide bonds. The summed E-state index contributed by atoms with van der Waals surface area (Å²) < 4.78 is 16.8. The summed E-state index contributed by atoms with van der Waals surface area (Å²) in [5.74, 6) is 1.06. The van der Waals surface area contributed by atoms with E-state index >= 15 is 0 Å². The van der Waals surface area contributed by atoms with Gasteiger partial charge >= 0.3 is 5.97 Å². The SMILES string of the molecule is COC(=O)c1ccc([C@@H]2Oc3c(OC)cccc3[C@@H]3CC(c4ccccc4)=NN32)cc1. The largest absolute Gasteiger partial charge is 0.493 e. The molecule has 0 saturated heterocycles. The number of esters is 1.